The fraction of sp³-hybridized carbons (Fsp3) is 0. The first-order valence-electron chi connectivity index (χ1n) is 4.32. The van der Waals surface area contributed by atoms with Crippen molar-refractivity contribution in [1.29, 1.82) is 0 Å². The Kier molecular flexibility index (Phi) is 1.39. The first-order chi connectivity index (χ1) is 7.25. The van der Waals surface area contributed by atoms with Crippen LogP contribution in [0.2, 0.25) is 0 Å². The van der Waals surface area contributed by atoms with Crippen molar-refractivity contribution in [2.75, 3.05) is 0 Å². The van der Waals surface area contributed by atoms with E-state index in [1.807, 2.05) is 0 Å². The van der Waals surface area contributed by atoms with Gasteiger partial charge in [-0.05, 0) is 0 Å². The highest BCUT2D eigenvalue weighted by Crippen LogP contribution is 2.09. The monoisotopic (exact) mass is 199 g/mol. The molecule has 0 spiro atoms. The lowest BCUT2D eigenvalue weighted by molar-refractivity contribution is -0.112. The highest BCUT2D eigenvalue weighted by Gasteiger charge is 2.11. The van der Waals surface area contributed by atoms with Gasteiger partial charge in [0.2, 0.25) is 0 Å². The van der Waals surface area contributed by atoms with Gasteiger partial charge in [0.1, 0.15) is 12.1 Å². The van der Waals surface area contributed by atoms with Gasteiger partial charge in [-0.3, -0.25) is 4.79 Å². The minimum atomic E-state index is -0.364. The summed E-state index contributed by atoms with van der Waals surface area (Å²) in [7, 11) is 0. The Bertz CT molecular complexity index is 706. The molecule has 0 saturated carbocycles. The Morgan fingerprint density at radius 1 is 1.33 bits per heavy atom. The number of hydrogen-bond acceptors (Lipinski definition) is 4. The summed E-state index contributed by atoms with van der Waals surface area (Å²) in [4.78, 5) is 22.8. The summed E-state index contributed by atoms with van der Waals surface area (Å²) in [6.45, 7) is 0. The van der Waals surface area contributed by atoms with Crippen molar-refractivity contribution in [2.24, 2.45) is 4.99 Å². The van der Waals surface area contributed by atoms with Crippen LogP contribution in [0.5, 0.6) is 5.75 Å². The maximum absolute atomic E-state index is 11.1. The Balaban J connectivity index is 2.67. The van der Waals surface area contributed by atoms with Crippen LogP contribution in [-0.2, 0) is 4.79 Å². The van der Waals surface area contributed by atoms with Crippen LogP contribution in [0.4, 0.5) is 0 Å². The zero-order valence-corrected chi connectivity index (χ0v) is 7.51. The number of nitrogens with zero attached hydrogens (tertiary/aromatic N) is 3. The molecule has 0 aliphatic carbocycles. The fourth-order valence-corrected chi connectivity index (χ4v) is 1.64. The Morgan fingerprint density at radius 2 is 2.20 bits per heavy atom. The van der Waals surface area contributed by atoms with E-state index >= 15 is 0 Å². The average Bonchev–Trinajstić information content (AvgIpc) is 2.61. The van der Waals surface area contributed by atoms with Crippen LogP contribution in [0.15, 0.2) is 23.6 Å². The molecule has 3 rings (SSSR count). The van der Waals surface area contributed by atoms with E-state index in [9.17, 15) is 9.90 Å². The molecule has 2 heterocycles. The van der Waals surface area contributed by atoms with E-state index in [4.69, 9.17) is 0 Å². The van der Waals surface area contributed by atoms with Crippen LogP contribution in [-0.4, -0.2) is 21.0 Å². The molecule has 0 saturated heterocycles. The second-order valence-corrected chi connectivity index (χ2v) is 3.21. The van der Waals surface area contributed by atoms with Gasteiger partial charge in [-0.15, -0.1) is 0 Å². The molecule has 0 bridgehead atoms. The first-order valence-corrected chi connectivity index (χ1v) is 4.32. The van der Waals surface area contributed by atoms with Crippen LogP contribution >= 0.6 is 0 Å². The van der Waals surface area contributed by atoms with Crippen molar-refractivity contribution in [3.05, 3.63) is 29.2 Å². The van der Waals surface area contributed by atoms with Gasteiger partial charge < -0.3 is 5.11 Å². The molecule has 1 aromatic carbocycles. The van der Waals surface area contributed by atoms with Crippen molar-refractivity contribution in [3.63, 3.8) is 0 Å². The van der Waals surface area contributed by atoms with E-state index < -0.39 is 0 Å². The third kappa shape index (κ3) is 1.03. The minimum absolute atomic E-state index is 0.0193. The van der Waals surface area contributed by atoms with Gasteiger partial charge in [0.15, 0.2) is 0 Å². The lowest BCUT2D eigenvalue weighted by Crippen LogP contribution is -2.22. The number of phenols is 1. The van der Waals surface area contributed by atoms with Gasteiger partial charge in [-0.1, -0.05) is 0 Å². The predicted octanol–water partition coefficient (Wildman–Crippen LogP) is -0.724. The van der Waals surface area contributed by atoms with E-state index in [1.165, 1.54) is 18.5 Å². The molecule has 5 heteroatoms. The number of fused-ring (bicyclic) bond motifs is 3. The average molecular weight is 199 g/mol. The number of hydrogen-bond donors (Lipinski definition) is 1. The fourth-order valence-electron chi connectivity index (χ4n) is 1.64. The molecule has 15 heavy (non-hydrogen) atoms. The summed E-state index contributed by atoms with van der Waals surface area (Å²) in [5, 5.41) is 11.2. The topological polar surface area (TPSA) is 75.4 Å². The number of aromatic nitrogens is 2. The second kappa shape index (κ2) is 2.60. The molecular formula is C10H5N3O2. The lowest BCUT2D eigenvalue weighted by Gasteiger charge is -1.96. The Hall–Kier alpha value is -2.30. The molecule has 1 N–H and O–H groups in total. The molecule has 0 unspecified atom stereocenters. The number of phenolic OH excluding ortho intramolecular Hbond substituents is 1. The van der Waals surface area contributed by atoms with Crippen molar-refractivity contribution < 1.29 is 9.90 Å². The highest BCUT2D eigenvalue weighted by molar-refractivity contribution is 6.07. The molecule has 1 aliphatic rings. The molecule has 1 aromatic heterocycles. The molecule has 72 valence electrons. The minimum Gasteiger partial charge on any atom is -0.507 e. The SMILES string of the molecule is O=C1C=c2c(O)cc3ncncc3c2=N1. The van der Waals surface area contributed by atoms with Gasteiger partial charge in [0.05, 0.1) is 10.9 Å². The number of carbonyl (C=O) groups excluding carboxylic acids is 1. The maximum Gasteiger partial charge on any atom is 0.271 e. The quantitative estimate of drug-likeness (QED) is 0.607. The summed E-state index contributed by atoms with van der Waals surface area (Å²) in [5.41, 5.74) is 0.577. The molecule has 0 fully saturated rings. The van der Waals surface area contributed by atoms with E-state index in [-0.39, 0.29) is 11.7 Å². The van der Waals surface area contributed by atoms with Crippen molar-refractivity contribution in [3.8, 4) is 5.75 Å². The van der Waals surface area contributed by atoms with Crippen LogP contribution in [0.1, 0.15) is 0 Å². The summed E-state index contributed by atoms with van der Waals surface area (Å²) < 4.78 is 0. The van der Waals surface area contributed by atoms with Crippen molar-refractivity contribution >= 4 is 22.9 Å². The molecule has 1 aliphatic heterocycles. The standard InChI is InChI=1S/C10H5N3O2/c14-8-2-7-6(3-11-4-12-7)10-5(8)1-9(15)13-10/h1-4,14H. The summed E-state index contributed by atoms with van der Waals surface area (Å²) >= 11 is 0. The number of rotatable bonds is 0. The number of carbonyl (C=O) groups is 1. The van der Waals surface area contributed by atoms with E-state index in [0.29, 0.717) is 21.5 Å². The zero-order chi connectivity index (χ0) is 10.4. The number of aromatic hydroxyl groups is 1. The smallest absolute Gasteiger partial charge is 0.271 e. The Morgan fingerprint density at radius 3 is 3.07 bits per heavy atom. The normalized spacial score (nSPS) is 13.5. The number of benzene rings is 1. The van der Waals surface area contributed by atoms with Crippen LogP contribution in [0, 0.1) is 0 Å². The molecular weight excluding hydrogens is 194 g/mol. The second-order valence-electron chi connectivity index (χ2n) is 3.21. The first kappa shape index (κ1) is 8.05. The van der Waals surface area contributed by atoms with Crippen molar-refractivity contribution in [2.45, 2.75) is 0 Å². The molecule has 5 nitrogen and oxygen atoms in total. The van der Waals surface area contributed by atoms with Gasteiger partial charge in [0, 0.05) is 28.9 Å². The van der Waals surface area contributed by atoms with Gasteiger partial charge >= 0.3 is 0 Å². The predicted molar refractivity (Wildman–Crippen MR) is 51.5 cm³/mol. The van der Waals surface area contributed by atoms with Gasteiger partial charge in [0.25, 0.3) is 5.91 Å². The number of amides is 1. The molecule has 0 radical (unpaired) electrons. The summed E-state index contributed by atoms with van der Waals surface area (Å²) in [5.74, 6) is -0.345. The van der Waals surface area contributed by atoms with Crippen molar-refractivity contribution in [1.82, 2.24) is 9.97 Å². The van der Waals surface area contributed by atoms with E-state index in [1.54, 1.807) is 6.20 Å². The molecule has 2 aromatic rings. The van der Waals surface area contributed by atoms with Crippen LogP contribution < -0.4 is 10.6 Å². The van der Waals surface area contributed by atoms with Crippen LogP contribution in [0.3, 0.4) is 0 Å². The zero-order valence-electron chi connectivity index (χ0n) is 7.51. The third-order valence-corrected chi connectivity index (χ3v) is 2.29. The lowest BCUT2D eigenvalue weighted by atomic mass is 10.2. The van der Waals surface area contributed by atoms with E-state index in [2.05, 4.69) is 15.0 Å². The summed E-state index contributed by atoms with van der Waals surface area (Å²) in [6, 6.07) is 1.50. The third-order valence-electron chi connectivity index (χ3n) is 2.29. The summed E-state index contributed by atoms with van der Waals surface area (Å²) in [6.07, 6.45) is 4.27. The molecule has 0 atom stereocenters. The van der Waals surface area contributed by atoms with Gasteiger partial charge in [-0.25, -0.2) is 15.0 Å². The Labute approximate surface area is 83.4 Å². The maximum atomic E-state index is 11.1. The van der Waals surface area contributed by atoms with Crippen LogP contribution in [0.25, 0.3) is 17.0 Å². The van der Waals surface area contributed by atoms with Gasteiger partial charge in [-0.2, -0.15) is 0 Å². The highest BCUT2D eigenvalue weighted by atomic mass is 16.3. The largest absolute Gasteiger partial charge is 0.507 e. The molecule has 1 amide bonds. The van der Waals surface area contributed by atoms with E-state index in [0.717, 1.165) is 0 Å².